The molecule has 0 unspecified atom stereocenters. The zero-order chi connectivity index (χ0) is 24.0. The maximum atomic E-state index is 9.87. The third-order valence-electron chi connectivity index (χ3n) is 3.47. The van der Waals surface area contributed by atoms with Crippen molar-refractivity contribution < 1.29 is 47.6 Å². The molecule has 2 nitrogen and oxygen atoms in total. The smallest absolute Gasteiger partial charge is 0.305 e. The number of benzene rings is 1. The summed E-state index contributed by atoms with van der Waals surface area (Å²) in [5.74, 6) is 0. The van der Waals surface area contributed by atoms with Gasteiger partial charge in [0, 0.05) is 19.3 Å². The molecule has 2 aromatic rings. The van der Waals surface area contributed by atoms with Crippen molar-refractivity contribution in [3.63, 3.8) is 0 Å². The van der Waals surface area contributed by atoms with Crippen molar-refractivity contribution >= 4 is 37.0 Å². The van der Waals surface area contributed by atoms with Gasteiger partial charge in [-0.25, -0.2) is 0 Å². The summed E-state index contributed by atoms with van der Waals surface area (Å²) < 4.78 is 59.8. The van der Waals surface area contributed by atoms with Crippen molar-refractivity contribution in [3.8, 4) is 11.3 Å². The first-order valence-electron chi connectivity index (χ1n) is 9.54. The van der Waals surface area contributed by atoms with Gasteiger partial charge >= 0.3 is 55.4 Å². The fourth-order valence-corrected chi connectivity index (χ4v) is 2.43. The van der Waals surface area contributed by atoms with Crippen LogP contribution in [0.4, 0.5) is 25.2 Å². The number of nitrogens with zero attached hydrogens (tertiary/aromatic N) is 2. The van der Waals surface area contributed by atoms with E-state index in [4.69, 9.17) is 24.8 Å². The van der Waals surface area contributed by atoms with Crippen LogP contribution in [0, 0.1) is 6.07 Å². The van der Waals surface area contributed by atoms with Crippen LogP contribution in [0.3, 0.4) is 0 Å². The first-order valence-corrected chi connectivity index (χ1v) is 12.4. The summed E-state index contributed by atoms with van der Waals surface area (Å²) in [4.78, 5) is 6.35. The van der Waals surface area contributed by atoms with Crippen LogP contribution >= 0.6 is 20.0 Å². The zero-order valence-electron chi connectivity index (χ0n) is 17.6. The normalized spacial score (nSPS) is 12.4. The Hall–Kier alpha value is -0.770. The van der Waals surface area contributed by atoms with Crippen molar-refractivity contribution in [2.75, 3.05) is 13.1 Å². The van der Waals surface area contributed by atoms with Crippen molar-refractivity contribution in [1.82, 2.24) is 9.88 Å². The van der Waals surface area contributed by atoms with Gasteiger partial charge in [0.25, 0.3) is 0 Å². The molecule has 0 amide bonds. The second-order valence-corrected chi connectivity index (χ2v) is 9.36. The van der Waals surface area contributed by atoms with Crippen LogP contribution in [0.5, 0.6) is 0 Å². The average molecular weight is 701 g/mol. The van der Waals surface area contributed by atoms with E-state index < -0.39 is 7.81 Å². The summed E-state index contributed by atoms with van der Waals surface area (Å²) in [6.07, 6.45) is 6.60. The molecule has 1 aromatic carbocycles. The first kappa shape index (κ1) is 33.4. The monoisotopic (exact) mass is 700 g/mol. The molecule has 0 aliphatic heterocycles. The molecule has 0 N–H and O–H groups in total. The second-order valence-electron chi connectivity index (χ2n) is 6.41. The Labute approximate surface area is 212 Å². The summed E-state index contributed by atoms with van der Waals surface area (Å²) in [6, 6.07) is 16.8. The van der Waals surface area contributed by atoms with Gasteiger partial charge in [0.1, 0.15) is 0 Å². The number of unbranched alkanes of at least 4 members (excludes halogenated alkanes) is 2. The largest absolute Gasteiger partial charge is 3.00 e. The third-order valence-corrected chi connectivity index (χ3v) is 3.99. The van der Waals surface area contributed by atoms with E-state index >= 15 is 0 Å². The molecule has 1 aromatic heterocycles. The van der Waals surface area contributed by atoms with Gasteiger partial charge in [0.2, 0.25) is 0 Å². The molecule has 186 valence electrons. The molecule has 32 heavy (non-hydrogen) atoms. The number of hydrogen-bond acceptors (Lipinski definition) is 3. The zero-order valence-corrected chi connectivity index (χ0v) is 22.3. The van der Waals surface area contributed by atoms with Crippen LogP contribution in [0.15, 0.2) is 48.7 Å². The van der Waals surface area contributed by atoms with E-state index in [1.807, 2.05) is 42.5 Å². The van der Waals surface area contributed by atoms with E-state index in [1.165, 1.54) is 25.7 Å². The maximum absolute atomic E-state index is 10.7. The van der Waals surface area contributed by atoms with E-state index in [2.05, 4.69) is 29.8 Å². The standard InChI is InChI=1S/C11H8N.C9H19NS2.Au.F6P/c1-2-6-10(7-3-1)11-8-4-5-9-12-11;1-3-5-7-10(9(11)12)8-6-4-2;;1-7(2,3,4,5)6/h1-6,8-9H;3-8H2,1-2H3,(H,11,12);;/q-1;;+3;-1/p-1. The molecular formula is C20H26AuF6N2PS2. The van der Waals surface area contributed by atoms with Gasteiger partial charge in [0.05, 0.1) is 0 Å². The number of aromatic nitrogens is 1. The Bertz CT molecular complexity index is 709. The Kier molecular flexibility index (Phi) is 15.1. The maximum Gasteiger partial charge on any atom is 3.00 e. The van der Waals surface area contributed by atoms with Gasteiger partial charge < -0.3 is 34.7 Å². The molecule has 0 aliphatic carbocycles. The van der Waals surface area contributed by atoms with Gasteiger partial charge in [-0.1, -0.05) is 43.1 Å². The van der Waals surface area contributed by atoms with Crippen molar-refractivity contribution in [2.45, 2.75) is 39.5 Å². The van der Waals surface area contributed by atoms with Gasteiger partial charge in [-0.2, -0.15) is 0 Å². The minimum Gasteiger partial charge on any atom is -0.305 e. The minimum atomic E-state index is -10.7. The molecule has 12 heteroatoms. The van der Waals surface area contributed by atoms with E-state index in [0.29, 0.717) is 4.32 Å². The Morgan fingerprint density at radius 3 is 1.81 bits per heavy atom. The number of thiocarbonyl (C=S) groups is 1. The van der Waals surface area contributed by atoms with E-state index in [-0.39, 0.29) is 22.4 Å². The Morgan fingerprint density at radius 2 is 1.47 bits per heavy atom. The second kappa shape index (κ2) is 14.5. The molecule has 0 aliphatic rings. The van der Waals surface area contributed by atoms with Gasteiger partial charge in [-0.3, -0.25) is 0 Å². The number of pyridine rings is 1. The molecular weight excluding hydrogens is 674 g/mol. The molecule has 0 saturated heterocycles. The molecule has 0 saturated carbocycles. The Morgan fingerprint density at radius 1 is 0.969 bits per heavy atom. The van der Waals surface area contributed by atoms with E-state index in [0.717, 1.165) is 24.3 Å². The van der Waals surface area contributed by atoms with Gasteiger partial charge in [-0.05, 0) is 24.6 Å². The summed E-state index contributed by atoms with van der Waals surface area (Å²) >= 11 is 9.97. The predicted octanol–water partition coefficient (Wildman–Crippen LogP) is 8.65. The van der Waals surface area contributed by atoms with Crippen LogP contribution in [0.1, 0.15) is 39.5 Å². The Balaban J connectivity index is 0. The molecule has 0 radical (unpaired) electrons. The summed E-state index contributed by atoms with van der Waals surface area (Å²) in [5, 5.41) is 0. The van der Waals surface area contributed by atoms with Gasteiger partial charge in [0.15, 0.2) is 0 Å². The molecule has 0 fully saturated rings. The minimum absolute atomic E-state index is 0. The predicted molar refractivity (Wildman–Crippen MR) is 123 cm³/mol. The molecule has 0 spiro atoms. The molecule has 1 heterocycles. The summed E-state index contributed by atoms with van der Waals surface area (Å²) in [6.45, 7) is 6.45. The van der Waals surface area contributed by atoms with E-state index in [1.54, 1.807) is 6.20 Å². The van der Waals surface area contributed by atoms with Crippen molar-refractivity contribution in [3.05, 3.63) is 54.7 Å². The van der Waals surface area contributed by atoms with Gasteiger partial charge in [-0.15, -0.1) is 35.9 Å². The van der Waals surface area contributed by atoms with Crippen molar-refractivity contribution in [1.29, 1.82) is 0 Å². The summed E-state index contributed by atoms with van der Waals surface area (Å²) in [7, 11) is -10.7. The number of rotatable bonds is 7. The third kappa shape index (κ3) is 23.9. The van der Waals surface area contributed by atoms with Crippen LogP contribution in [0.25, 0.3) is 11.3 Å². The molecule has 0 atom stereocenters. The number of halogens is 6. The number of hydrogen-bond donors (Lipinski definition) is 0. The van der Waals surface area contributed by atoms with Crippen LogP contribution in [0.2, 0.25) is 0 Å². The topological polar surface area (TPSA) is 16.1 Å². The summed E-state index contributed by atoms with van der Waals surface area (Å²) in [5.41, 5.74) is 2.01. The van der Waals surface area contributed by atoms with Crippen LogP contribution in [-0.4, -0.2) is 27.3 Å². The molecule has 0 bridgehead atoms. The van der Waals surface area contributed by atoms with E-state index in [9.17, 15) is 25.2 Å². The van der Waals surface area contributed by atoms with Crippen molar-refractivity contribution in [2.24, 2.45) is 0 Å². The average Bonchev–Trinajstić information content (AvgIpc) is 2.67. The van der Waals surface area contributed by atoms with Crippen LogP contribution in [-0.2, 0) is 35.0 Å². The SMILES string of the molecule is CCCCN(CCCC)C(=S)[S-].F[P-](F)(F)(F)(F)F.[Au+3].[c-]1ccccc1-c1ccccn1. The van der Waals surface area contributed by atoms with Crippen LogP contribution < -0.4 is 0 Å². The first-order chi connectivity index (χ1) is 14.1. The quantitative estimate of drug-likeness (QED) is 0.0718. The molecule has 2 rings (SSSR count). The fourth-order valence-electron chi connectivity index (χ4n) is 2.07. The fraction of sp³-hybridized carbons (Fsp3) is 0.400.